The Hall–Kier alpha value is -3.29. The van der Waals surface area contributed by atoms with E-state index in [9.17, 15) is 14.9 Å². The highest BCUT2D eigenvalue weighted by atomic mass is 16.6. The van der Waals surface area contributed by atoms with E-state index in [1.165, 1.54) is 6.07 Å². The van der Waals surface area contributed by atoms with Gasteiger partial charge in [-0.1, -0.05) is 18.2 Å². The van der Waals surface area contributed by atoms with Crippen LogP contribution < -0.4 is 19.5 Å². The van der Waals surface area contributed by atoms with Gasteiger partial charge in [-0.15, -0.1) is 0 Å². The first-order chi connectivity index (χ1) is 14.5. The van der Waals surface area contributed by atoms with Crippen LogP contribution in [0.3, 0.4) is 0 Å². The van der Waals surface area contributed by atoms with E-state index < -0.39 is 4.92 Å². The molecule has 0 saturated carbocycles. The summed E-state index contributed by atoms with van der Waals surface area (Å²) in [5, 5.41) is 13.8. The van der Waals surface area contributed by atoms with Crippen molar-refractivity contribution in [3.8, 4) is 17.2 Å². The Kier molecular flexibility index (Phi) is 9.44. The lowest BCUT2D eigenvalue weighted by molar-refractivity contribution is -0.385. The molecule has 0 aliphatic rings. The minimum absolute atomic E-state index is 0.0799. The average molecular weight is 416 g/mol. The van der Waals surface area contributed by atoms with Crippen LogP contribution in [0, 0.1) is 10.1 Å². The molecule has 2 aromatic carbocycles. The first-order valence-corrected chi connectivity index (χ1v) is 10.1. The van der Waals surface area contributed by atoms with Crippen LogP contribution in [0.5, 0.6) is 17.2 Å². The molecule has 1 N–H and O–H groups in total. The van der Waals surface area contributed by atoms with E-state index in [0.29, 0.717) is 44.1 Å². The van der Waals surface area contributed by atoms with Gasteiger partial charge in [0.2, 0.25) is 5.91 Å². The molecule has 0 heterocycles. The number of carbonyl (C=O) groups excluding carboxylic acids is 1. The largest absolute Gasteiger partial charge is 0.490 e. The Morgan fingerprint density at radius 1 is 1.00 bits per heavy atom. The predicted molar refractivity (Wildman–Crippen MR) is 113 cm³/mol. The molecular formula is C22H28N2O6. The number of nitrogens with one attached hydrogen (secondary N) is 1. The van der Waals surface area contributed by atoms with Crippen molar-refractivity contribution in [3.63, 3.8) is 0 Å². The van der Waals surface area contributed by atoms with Crippen LogP contribution in [0.1, 0.15) is 32.3 Å². The smallest absolute Gasteiger partial charge is 0.310 e. The van der Waals surface area contributed by atoms with Crippen molar-refractivity contribution in [1.82, 2.24) is 5.32 Å². The van der Waals surface area contributed by atoms with Gasteiger partial charge in [0.1, 0.15) is 0 Å². The molecule has 0 aromatic heterocycles. The van der Waals surface area contributed by atoms with E-state index >= 15 is 0 Å². The average Bonchev–Trinajstić information content (AvgIpc) is 2.73. The maximum Gasteiger partial charge on any atom is 0.310 e. The van der Waals surface area contributed by atoms with E-state index in [0.717, 1.165) is 5.56 Å². The van der Waals surface area contributed by atoms with E-state index in [2.05, 4.69) is 5.32 Å². The van der Waals surface area contributed by atoms with Gasteiger partial charge in [0, 0.05) is 19.0 Å². The van der Waals surface area contributed by atoms with Gasteiger partial charge in [-0.2, -0.15) is 0 Å². The molecule has 0 spiro atoms. The van der Waals surface area contributed by atoms with Crippen LogP contribution in [0.15, 0.2) is 42.5 Å². The summed E-state index contributed by atoms with van der Waals surface area (Å²) in [5.41, 5.74) is 0.964. The molecule has 30 heavy (non-hydrogen) atoms. The molecule has 0 radical (unpaired) electrons. The SMILES string of the molecule is CCOc1ccc(CCNC(=O)CCCOc2ccccc2[N+](=O)[O-])cc1OCC. The van der Waals surface area contributed by atoms with Crippen molar-refractivity contribution in [2.45, 2.75) is 33.1 Å². The summed E-state index contributed by atoms with van der Waals surface area (Å²) >= 11 is 0. The fourth-order valence-corrected chi connectivity index (χ4v) is 2.83. The maximum absolute atomic E-state index is 12.0. The molecular weight excluding hydrogens is 388 g/mol. The lowest BCUT2D eigenvalue weighted by atomic mass is 10.1. The van der Waals surface area contributed by atoms with Crippen molar-refractivity contribution >= 4 is 11.6 Å². The van der Waals surface area contributed by atoms with Crippen LogP contribution in [0.2, 0.25) is 0 Å². The monoisotopic (exact) mass is 416 g/mol. The summed E-state index contributed by atoms with van der Waals surface area (Å²) in [6.45, 7) is 5.69. The second-order valence-electron chi connectivity index (χ2n) is 6.42. The number of para-hydroxylation sites is 2. The van der Waals surface area contributed by atoms with Gasteiger partial charge in [0.25, 0.3) is 0 Å². The van der Waals surface area contributed by atoms with Gasteiger partial charge >= 0.3 is 5.69 Å². The highest BCUT2D eigenvalue weighted by molar-refractivity contribution is 5.75. The lowest BCUT2D eigenvalue weighted by Crippen LogP contribution is -2.25. The number of hydrogen-bond donors (Lipinski definition) is 1. The van der Waals surface area contributed by atoms with Crippen molar-refractivity contribution in [1.29, 1.82) is 0 Å². The third-order valence-electron chi connectivity index (χ3n) is 4.21. The van der Waals surface area contributed by atoms with E-state index in [1.54, 1.807) is 18.2 Å². The Morgan fingerprint density at radius 3 is 2.47 bits per heavy atom. The molecule has 0 saturated heterocycles. The minimum atomic E-state index is -0.486. The molecule has 162 valence electrons. The van der Waals surface area contributed by atoms with Crippen LogP contribution in [0.25, 0.3) is 0 Å². The van der Waals surface area contributed by atoms with Gasteiger partial charge < -0.3 is 19.5 Å². The third-order valence-corrected chi connectivity index (χ3v) is 4.21. The number of amides is 1. The van der Waals surface area contributed by atoms with Gasteiger partial charge in [-0.05, 0) is 50.5 Å². The lowest BCUT2D eigenvalue weighted by Gasteiger charge is -2.12. The zero-order valence-corrected chi connectivity index (χ0v) is 17.4. The molecule has 1 amide bonds. The van der Waals surface area contributed by atoms with Gasteiger partial charge in [-0.25, -0.2) is 0 Å². The minimum Gasteiger partial charge on any atom is -0.490 e. The number of hydrogen-bond acceptors (Lipinski definition) is 6. The molecule has 0 unspecified atom stereocenters. The van der Waals surface area contributed by atoms with Gasteiger partial charge in [0.15, 0.2) is 17.2 Å². The number of benzene rings is 2. The molecule has 8 nitrogen and oxygen atoms in total. The number of rotatable bonds is 13. The summed E-state index contributed by atoms with van der Waals surface area (Å²) < 4.78 is 16.6. The van der Waals surface area contributed by atoms with Crippen molar-refractivity contribution in [3.05, 3.63) is 58.1 Å². The first-order valence-electron chi connectivity index (χ1n) is 10.1. The second kappa shape index (κ2) is 12.3. The maximum atomic E-state index is 12.0. The Morgan fingerprint density at radius 2 is 1.73 bits per heavy atom. The van der Waals surface area contributed by atoms with Gasteiger partial charge in [-0.3, -0.25) is 14.9 Å². The molecule has 0 atom stereocenters. The van der Waals surface area contributed by atoms with Crippen molar-refractivity contribution in [2.24, 2.45) is 0 Å². The second-order valence-corrected chi connectivity index (χ2v) is 6.42. The molecule has 0 aliphatic heterocycles. The number of nitro groups is 1. The Labute approximate surface area is 176 Å². The summed E-state index contributed by atoms with van der Waals surface area (Å²) in [7, 11) is 0. The normalized spacial score (nSPS) is 10.3. The molecule has 2 rings (SSSR count). The van der Waals surface area contributed by atoms with Crippen molar-refractivity contribution < 1.29 is 23.9 Å². The standard InChI is InChI=1S/C22H28N2O6/c1-3-28-20-12-11-17(16-21(20)29-4-2)13-14-23-22(25)10-7-15-30-19-9-6-5-8-18(19)24(26)27/h5-6,8-9,11-12,16H,3-4,7,10,13-15H2,1-2H3,(H,23,25). The Bertz CT molecular complexity index is 840. The van der Waals surface area contributed by atoms with E-state index in [1.807, 2.05) is 32.0 Å². The van der Waals surface area contributed by atoms with E-state index in [-0.39, 0.29) is 30.4 Å². The van der Waals surface area contributed by atoms with E-state index in [4.69, 9.17) is 14.2 Å². The highest BCUT2D eigenvalue weighted by Crippen LogP contribution is 2.28. The predicted octanol–water partition coefficient (Wildman–Crippen LogP) is 3.91. The summed E-state index contributed by atoms with van der Waals surface area (Å²) in [6.07, 6.45) is 1.43. The van der Waals surface area contributed by atoms with Crippen LogP contribution in [-0.4, -0.2) is 37.2 Å². The summed E-state index contributed by atoms with van der Waals surface area (Å²) in [6, 6.07) is 12.0. The van der Waals surface area contributed by atoms with Crippen LogP contribution in [0.4, 0.5) is 5.69 Å². The Balaban J connectivity index is 1.71. The van der Waals surface area contributed by atoms with Gasteiger partial charge in [0.05, 0.1) is 24.7 Å². The highest BCUT2D eigenvalue weighted by Gasteiger charge is 2.13. The molecule has 0 aliphatic carbocycles. The zero-order valence-electron chi connectivity index (χ0n) is 17.4. The number of nitrogens with zero attached hydrogens (tertiary/aromatic N) is 1. The number of carbonyl (C=O) groups is 1. The first kappa shape index (κ1) is 23.0. The fraction of sp³-hybridized carbons (Fsp3) is 0.409. The fourth-order valence-electron chi connectivity index (χ4n) is 2.83. The quantitative estimate of drug-likeness (QED) is 0.302. The third kappa shape index (κ3) is 7.27. The topological polar surface area (TPSA) is 99.9 Å². The number of nitro benzene ring substituents is 1. The van der Waals surface area contributed by atoms with Crippen molar-refractivity contribution in [2.75, 3.05) is 26.4 Å². The molecule has 0 fully saturated rings. The molecule has 2 aromatic rings. The summed E-state index contributed by atoms with van der Waals surface area (Å²) in [5.74, 6) is 1.54. The van der Waals surface area contributed by atoms with Crippen LogP contribution >= 0.6 is 0 Å². The summed E-state index contributed by atoms with van der Waals surface area (Å²) in [4.78, 5) is 22.5. The molecule has 8 heteroatoms. The number of ether oxygens (including phenoxy) is 3. The zero-order chi connectivity index (χ0) is 21.8. The van der Waals surface area contributed by atoms with Crippen LogP contribution in [-0.2, 0) is 11.2 Å². The molecule has 0 bridgehead atoms.